The first-order valence-electron chi connectivity index (χ1n) is 11.7. The molecule has 1 N–H and O–H groups in total. The number of piperidine rings is 1. The number of likely N-dealkylation sites (tertiary alicyclic amines) is 1. The van der Waals surface area contributed by atoms with Gasteiger partial charge in [0.05, 0.1) is 23.9 Å². The van der Waals surface area contributed by atoms with E-state index in [4.69, 9.17) is 23.2 Å². The summed E-state index contributed by atoms with van der Waals surface area (Å²) >= 11 is 12.5. The van der Waals surface area contributed by atoms with Gasteiger partial charge in [-0.2, -0.15) is 0 Å². The van der Waals surface area contributed by atoms with Gasteiger partial charge < -0.3 is 10.0 Å². The van der Waals surface area contributed by atoms with Crippen molar-refractivity contribution >= 4 is 40.9 Å². The van der Waals surface area contributed by atoms with Crippen molar-refractivity contribution in [2.24, 2.45) is 11.3 Å². The number of rotatable bonds is 8. The van der Waals surface area contributed by atoms with Crippen molar-refractivity contribution in [3.8, 4) is 0 Å². The van der Waals surface area contributed by atoms with Crippen LogP contribution in [0, 0.1) is 11.3 Å². The molecule has 4 atom stereocenters. The summed E-state index contributed by atoms with van der Waals surface area (Å²) < 4.78 is 0. The third kappa shape index (κ3) is 4.87. The molecule has 2 aromatic rings. The fourth-order valence-electron chi connectivity index (χ4n) is 5.40. The predicted molar refractivity (Wildman–Crippen MR) is 132 cm³/mol. The summed E-state index contributed by atoms with van der Waals surface area (Å²) in [5, 5.41) is 10.8. The van der Waals surface area contributed by atoms with Crippen LogP contribution in [0.4, 0.5) is 0 Å². The van der Waals surface area contributed by atoms with E-state index >= 15 is 0 Å². The highest BCUT2D eigenvalue weighted by Crippen LogP contribution is 2.52. The number of Topliss-reactive ketones (excluding diaryl/α,β-unsaturated/α-hetero) is 1. The van der Waals surface area contributed by atoms with Crippen molar-refractivity contribution in [3.05, 3.63) is 69.7 Å². The highest BCUT2D eigenvalue weighted by molar-refractivity contribution is 6.30. The van der Waals surface area contributed by atoms with Gasteiger partial charge >= 0.3 is 5.97 Å². The molecule has 0 radical (unpaired) electrons. The van der Waals surface area contributed by atoms with Crippen LogP contribution in [0.2, 0.25) is 10.0 Å². The third-order valence-corrected chi connectivity index (χ3v) is 7.65. The summed E-state index contributed by atoms with van der Waals surface area (Å²) in [6.45, 7) is 3.62. The van der Waals surface area contributed by atoms with Crippen LogP contribution in [-0.2, 0) is 14.4 Å². The molecule has 0 bridgehead atoms. The normalized spacial score (nSPS) is 25.8. The Morgan fingerprint density at radius 3 is 2.32 bits per heavy atom. The number of halogens is 2. The molecule has 1 saturated heterocycles. The lowest BCUT2D eigenvalue weighted by Crippen LogP contribution is -2.58. The molecule has 1 aliphatic heterocycles. The molecule has 34 heavy (non-hydrogen) atoms. The second-order valence-corrected chi connectivity index (χ2v) is 10.7. The highest BCUT2D eigenvalue weighted by Gasteiger charge is 2.54. The number of carbonyl (C=O) groups is 3. The highest BCUT2D eigenvalue weighted by atomic mass is 35.5. The minimum absolute atomic E-state index is 0.0270. The van der Waals surface area contributed by atoms with Gasteiger partial charge in [-0.15, -0.1) is 0 Å². The molecular formula is C27H29Cl2NO4. The zero-order valence-corrected chi connectivity index (χ0v) is 20.9. The second-order valence-electron chi connectivity index (χ2n) is 9.81. The van der Waals surface area contributed by atoms with Crippen LogP contribution >= 0.6 is 23.2 Å². The molecule has 7 heteroatoms. The number of ketones is 1. The van der Waals surface area contributed by atoms with Crippen molar-refractivity contribution in [1.82, 2.24) is 4.90 Å². The number of amides is 1. The molecule has 1 amide bonds. The van der Waals surface area contributed by atoms with E-state index in [0.717, 1.165) is 24.0 Å². The Hall–Kier alpha value is -2.37. The quantitative estimate of drug-likeness (QED) is 0.461. The zero-order valence-electron chi connectivity index (χ0n) is 19.3. The molecule has 5 nitrogen and oxygen atoms in total. The summed E-state index contributed by atoms with van der Waals surface area (Å²) in [7, 11) is 0. The molecule has 1 heterocycles. The van der Waals surface area contributed by atoms with Gasteiger partial charge in [-0.3, -0.25) is 14.4 Å². The molecule has 4 rings (SSSR count). The van der Waals surface area contributed by atoms with Crippen molar-refractivity contribution < 1.29 is 19.5 Å². The van der Waals surface area contributed by atoms with Crippen LogP contribution in [0.5, 0.6) is 0 Å². The molecule has 0 aromatic heterocycles. The molecule has 180 valence electrons. The van der Waals surface area contributed by atoms with Gasteiger partial charge in [-0.25, -0.2) is 0 Å². The van der Waals surface area contributed by atoms with E-state index in [-0.39, 0.29) is 29.9 Å². The number of carbonyl (C=O) groups excluding carboxylic acids is 2. The Bertz CT molecular complexity index is 1100. The summed E-state index contributed by atoms with van der Waals surface area (Å²) in [4.78, 5) is 41.0. The van der Waals surface area contributed by atoms with Crippen molar-refractivity contribution in [3.63, 3.8) is 0 Å². The maximum atomic E-state index is 14.1. The third-order valence-electron chi connectivity index (χ3n) is 7.16. The lowest BCUT2D eigenvalue weighted by molar-refractivity contribution is -0.162. The van der Waals surface area contributed by atoms with E-state index in [1.807, 2.05) is 37.3 Å². The predicted octanol–water partition coefficient (Wildman–Crippen LogP) is 6.29. The number of carboxylic acids is 1. The summed E-state index contributed by atoms with van der Waals surface area (Å²) in [5.74, 6) is -1.52. The Morgan fingerprint density at radius 2 is 1.76 bits per heavy atom. The molecule has 1 aliphatic carbocycles. The van der Waals surface area contributed by atoms with Crippen molar-refractivity contribution in [1.29, 1.82) is 0 Å². The minimum Gasteiger partial charge on any atom is -0.481 e. The van der Waals surface area contributed by atoms with Gasteiger partial charge in [0.1, 0.15) is 0 Å². The first-order valence-corrected chi connectivity index (χ1v) is 12.5. The lowest BCUT2D eigenvalue weighted by Gasteiger charge is -2.51. The van der Waals surface area contributed by atoms with Crippen LogP contribution < -0.4 is 0 Å². The SMILES string of the molecule is CCC(C(=O)C1CC1)N1C(=O)[C@@](C)(CC(=O)O)CC(c2cccc(Cl)c2)[C@H]1c1ccc(Cl)cc1. The number of benzene rings is 2. The Labute approximate surface area is 210 Å². The number of hydrogen-bond donors (Lipinski definition) is 1. The standard InChI is InChI=1S/C27H29Cl2NO4/c1-3-22(25(33)17-7-8-17)30-24(16-9-11-19(28)12-10-16)21(18-5-4-6-20(29)13-18)14-27(2,26(30)34)15-23(31)32/h4-6,9-13,17,21-22,24H,3,7-8,14-15H2,1-2H3,(H,31,32)/t21?,22?,24-,27-/m1/s1. The van der Waals surface area contributed by atoms with Gasteiger partial charge in [0.15, 0.2) is 5.78 Å². The van der Waals surface area contributed by atoms with Gasteiger partial charge in [0.2, 0.25) is 5.91 Å². The largest absolute Gasteiger partial charge is 0.481 e. The second kappa shape index (κ2) is 9.71. The molecule has 2 aliphatic rings. The maximum absolute atomic E-state index is 14.1. The summed E-state index contributed by atoms with van der Waals surface area (Å²) in [5.41, 5.74) is 0.622. The molecule has 2 unspecified atom stereocenters. The van der Waals surface area contributed by atoms with E-state index in [1.54, 1.807) is 30.0 Å². The van der Waals surface area contributed by atoms with Crippen LogP contribution in [0.1, 0.15) is 69.0 Å². The lowest BCUT2D eigenvalue weighted by atomic mass is 9.66. The Morgan fingerprint density at radius 1 is 1.09 bits per heavy atom. The van der Waals surface area contributed by atoms with E-state index in [9.17, 15) is 19.5 Å². The van der Waals surface area contributed by atoms with E-state index in [1.165, 1.54) is 0 Å². The number of nitrogens with zero attached hydrogens (tertiary/aromatic N) is 1. The monoisotopic (exact) mass is 501 g/mol. The number of aliphatic carboxylic acids is 1. The van der Waals surface area contributed by atoms with Crippen LogP contribution in [0.3, 0.4) is 0 Å². The fraction of sp³-hybridized carbons (Fsp3) is 0.444. The van der Waals surface area contributed by atoms with Crippen LogP contribution in [-0.4, -0.2) is 33.7 Å². The van der Waals surface area contributed by atoms with Crippen LogP contribution in [0.25, 0.3) is 0 Å². The van der Waals surface area contributed by atoms with E-state index in [2.05, 4.69) is 0 Å². The van der Waals surface area contributed by atoms with Gasteiger partial charge in [-0.1, -0.05) is 61.3 Å². The maximum Gasteiger partial charge on any atom is 0.304 e. The summed E-state index contributed by atoms with van der Waals surface area (Å²) in [6.07, 6.45) is 2.17. The van der Waals surface area contributed by atoms with Gasteiger partial charge in [0.25, 0.3) is 0 Å². The van der Waals surface area contributed by atoms with E-state index in [0.29, 0.717) is 22.9 Å². The molecular weight excluding hydrogens is 473 g/mol. The van der Waals surface area contributed by atoms with Crippen molar-refractivity contribution in [2.75, 3.05) is 0 Å². The molecule has 2 aromatic carbocycles. The molecule has 0 spiro atoms. The fourth-order valence-corrected chi connectivity index (χ4v) is 5.72. The molecule has 1 saturated carbocycles. The molecule has 2 fully saturated rings. The average Bonchev–Trinajstić information content (AvgIpc) is 3.63. The van der Waals surface area contributed by atoms with Crippen LogP contribution in [0.15, 0.2) is 48.5 Å². The van der Waals surface area contributed by atoms with E-state index < -0.39 is 23.5 Å². The Kier molecular flexibility index (Phi) is 7.07. The van der Waals surface area contributed by atoms with Gasteiger partial charge in [-0.05, 0) is 61.1 Å². The smallest absolute Gasteiger partial charge is 0.304 e. The number of carboxylic acid groups (broad SMARTS) is 1. The first kappa shape index (κ1) is 24.7. The average molecular weight is 502 g/mol. The number of hydrogen-bond acceptors (Lipinski definition) is 3. The zero-order chi connectivity index (χ0) is 24.6. The Balaban J connectivity index is 1.91. The minimum atomic E-state index is -1.15. The summed E-state index contributed by atoms with van der Waals surface area (Å²) in [6, 6.07) is 13.7. The van der Waals surface area contributed by atoms with Crippen molar-refractivity contribution in [2.45, 2.75) is 64.0 Å². The topological polar surface area (TPSA) is 74.7 Å². The first-order chi connectivity index (χ1) is 16.1. The van der Waals surface area contributed by atoms with Gasteiger partial charge in [0, 0.05) is 21.9 Å².